The van der Waals surface area contributed by atoms with Crippen LogP contribution in [0.5, 0.6) is 0 Å². The Bertz CT molecular complexity index is 1020. The summed E-state index contributed by atoms with van der Waals surface area (Å²) in [7, 11) is -3.45. The van der Waals surface area contributed by atoms with Crippen LogP contribution in [0.4, 0.5) is 17.1 Å². The van der Waals surface area contributed by atoms with Gasteiger partial charge >= 0.3 is 0 Å². The number of nitrogens with zero attached hydrogens (tertiary/aromatic N) is 1. The van der Waals surface area contributed by atoms with E-state index in [1.165, 1.54) is 24.3 Å². The Kier molecular flexibility index (Phi) is 6.89. The molecule has 0 saturated carbocycles. The fourth-order valence-electron chi connectivity index (χ4n) is 2.50. The molecule has 8 nitrogen and oxygen atoms in total. The van der Waals surface area contributed by atoms with Crippen molar-refractivity contribution >= 4 is 39.1 Å². The van der Waals surface area contributed by atoms with E-state index in [2.05, 4.69) is 10.0 Å². The van der Waals surface area contributed by atoms with Gasteiger partial charge < -0.3 is 5.32 Å². The molecular formula is C19H21N3O5S. The van der Waals surface area contributed by atoms with Crippen molar-refractivity contribution in [3.05, 3.63) is 69.8 Å². The lowest BCUT2D eigenvalue weighted by Gasteiger charge is -2.13. The molecule has 0 aliphatic rings. The van der Waals surface area contributed by atoms with Crippen molar-refractivity contribution in [1.82, 2.24) is 0 Å². The first-order valence-corrected chi connectivity index (χ1v) is 10.2. The van der Waals surface area contributed by atoms with Crippen LogP contribution in [0.3, 0.4) is 0 Å². The number of nitrogens with one attached hydrogen (secondary N) is 2. The van der Waals surface area contributed by atoms with Crippen molar-refractivity contribution in [2.75, 3.05) is 15.8 Å². The Morgan fingerprint density at radius 2 is 1.82 bits per heavy atom. The predicted molar refractivity (Wildman–Crippen MR) is 110 cm³/mol. The zero-order chi connectivity index (χ0) is 20.7. The Balaban J connectivity index is 2.17. The van der Waals surface area contributed by atoms with Crippen LogP contribution in [-0.2, 0) is 14.8 Å². The molecule has 2 N–H and O–H groups in total. The van der Waals surface area contributed by atoms with Gasteiger partial charge in [0.15, 0.2) is 0 Å². The molecule has 2 aromatic rings. The van der Waals surface area contributed by atoms with Crippen molar-refractivity contribution in [3.8, 4) is 0 Å². The number of hydrogen-bond donors (Lipinski definition) is 2. The summed E-state index contributed by atoms with van der Waals surface area (Å²) in [5, 5.41) is 13.7. The summed E-state index contributed by atoms with van der Waals surface area (Å²) in [5.41, 5.74) is 1.59. The van der Waals surface area contributed by atoms with Gasteiger partial charge in [-0.2, -0.15) is 0 Å². The molecule has 2 aromatic carbocycles. The summed E-state index contributed by atoms with van der Waals surface area (Å²) >= 11 is 0. The van der Waals surface area contributed by atoms with Crippen LogP contribution in [0.25, 0.3) is 6.08 Å². The van der Waals surface area contributed by atoms with Gasteiger partial charge in [-0.1, -0.05) is 25.1 Å². The van der Waals surface area contributed by atoms with E-state index in [-0.39, 0.29) is 11.4 Å². The second kappa shape index (κ2) is 9.14. The minimum absolute atomic E-state index is 0.00161. The maximum Gasteiger partial charge on any atom is 0.276 e. The molecular weight excluding hydrogens is 382 g/mol. The van der Waals surface area contributed by atoms with Gasteiger partial charge in [0.25, 0.3) is 5.69 Å². The van der Waals surface area contributed by atoms with Crippen molar-refractivity contribution < 1.29 is 18.1 Å². The molecule has 2 rings (SSSR count). The van der Waals surface area contributed by atoms with Gasteiger partial charge in [0.1, 0.15) is 0 Å². The fraction of sp³-hybridized carbons (Fsp3) is 0.211. The third-order valence-electron chi connectivity index (χ3n) is 3.88. The molecule has 0 fully saturated rings. The summed E-state index contributed by atoms with van der Waals surface area (Å²) < 4.78 is 26.4. The van der Waals surface area contributed by atoms with Crippen molar-refractivity contribution in [2.24, 2.45) is 0 Å². The van der Waals surface area contributed by atoms with Crippen LogP contribution >= 0.6 is 0 Å². The van der Waals surface area contributed by atoms with E-state index in [9.17, 15) is 23.3 Å². The number of nitro groups is 1. The van der Waals surface area contributed by atoms with E-state index in [4.69, 9.17) is 0 Å². The fourth-order valence-corrected chi connectivity index (χ4v) is 3.70. The minimum Gasteiger partial charge on any atom is -0.322 e. The third-order valence-corrected chi connectivity index (χ3v) is 5.35. The first kappa shape index (κ1) is 21.1. The average molecular weight is 403 g/mol. The summed E-state index contributed by atoms with van der Waals surface area (Å²) in [5.74, 6) is -0.489. The number of nitro benzene ring substituents is 1. The van der Waals surface area contributed by atoms with Crippen molar-refractivity contribution in [1.29, 1.82) is 0 Å². The van der Waals surface area contributed by atoms with Gasteiger partial charge in [-0.25, -0.2) is 8.42 Å². The lowest BCUT2D eigenvalue weighted by atomic mass is 10.1. The molecule has 0 heterocycles. The quantitative estimate of drug-likeness (QED) is 0.396. The molecule has 9 heteroatoms. The largest absolute Gasteiger partial charge is 0.322 e. The monoisotopic (exact) mass is 403 g/mol. The highest BCUT2D eigenvalue weighted by molar-refractivity contribution is 7.92. The number of rotatable bonds is 8. The molecule has 0 unspecified atom stereocenters. The molecule has 0 spiro atoms. The van der Waals surface area contributed by atoms with Crippen molar-refractivity contribution in [2.45, 2.75) is 20.3 Å². The van der Waals surface area contributed by atoms with Crippen LogP contribution in [-0.4, -0.2) is 25.0 Å². The standard InChI is InChI=1S/C19H21N3O5S/c1-3-13-28(26,27)21-17-9-6-8-16(14(17)2)20-19(23)12-11-15-7-4-5-10-18(15)22(24)25/h4-12,21H,3,13H2,1-2H3,(H,20,23)/b12-11+. The average Bonchev–Trinajstić information content (AvgIpc) is 2.63. The highest BCUT2D eigenvalue weighted by Gasteiger charge is 2.13. The zero-order valence-electron chi connectivity index (χ0n) is 15.5. The first-order valence-electron chi connectivity index (χ1n) is 8.56. The van der Waals surface area contributed by atoms with Crippen molar-refractivity contribution in [3.63, 3.8) is 0 Å². The molecule has 28 heavy (non-hydrogen) atoms. The van der Waals surface area contributed by atoms with Crippen LogP contribution in [0.2, 0.25) is 0 Å². The van der Waals surface area contributed by atoms with Crippen LogP contribution in [0.1, 0.15) is 24.5 Å². The molecule has 0 radical (unpaired) electrons. The Labute approximate surface area is 163 Å². The highest BCUT2D eigenvalue weighted by Crippen LogP contribution is 2.25. The van der Waals surface area contributed by atoms with Gasteiger partial charge in [0, 0.05) is 17.8 Å². The number of carbonyl (C=O) groups is 1. The van der Waals surface area contributed by atoms with Gasteiger partial charge in [-0.3, -0.25) is 19.6 Å². The SMILES string of the molecule is CCCS(=O)(=O)Nc1cccc(NC(=O)/C=C/c2ccccc2[N+](=O)[O-])c1C. The smallest absolute Gasteiger partial charge is 0.276 e. The van der Waals surface area contributed by atoms with Gasteiger partial charge in [-0.15, -0.1) is 0 Å². The van der Waals surface area contributed by atoms with Crippen LogP contribution in [0, 0.1) is 17.0 Å². The van der Waals surface area contributed by atoms with E-state index in [0.29, 0.717) is 28.9 Å². The van der Waals surface area contributed by atoms with Gasteiger partial charge in [-0.05, 0) is 43.2 Å². The minimum atomic E-state index is -3.45. The second-order valence-corrected chi connectivity index (χ2v) is 7.88. The number of para-hydroxylation sites is 1. The van der Waals surface area contributed by atoms with E-state index < -0.39 is 20.9 Å². The molecule has 0 aliphatic carbocycles. The number of sulfonamides is 1. The molecule has 0 aromatic heterocycles. The number of anilines is 2. The topological polar surface area (TPSA) is 118 Å². The predicted octanol–water partition coefficient (Wildman–Crippen LogP) is 3.71. The normalized spacial score (nSPS) is 11.4. The van der Waals surface area contributed by atoms with Crippen LogP contribution in [0.15, 0.2) is 48.5 Å². The molecule has 148 valence electrons. The molecule has 0 atom stereocenters. The number of hydrogen-bond acceptors (Lipinski definition) is 5. The number of carbonyl (C=O) groups excluding carboxylic acids is 1. The summed E-state index contributed by atoms with van der Waals surface area (Å²) in [6.45, 7) is 3.46. The third kappa shape index (κ3) is 5.65. The molecule has 1 amide bonds. The van der Waals surface area contributed by atoms with Crippen LogP contribution < -0.4 is 10.0 Å². The number of benzene rings is 2. The van der Waals surface area contributed by atoms with Gasteiger partial charge in [0.2, 0.25) is 15.9 Å². The van der Waals surface area contributed by atoms with E-state index in [1.54, 1.807) is 44.2 Å². The maximum atomic E-state index is 12.2. The molecule has 0 aliphatic heterocycles. The lowest BCUT2D eigenvalue weighted by Crippen LogP contribution is -2.17. The van der Waals surface area contributed by atoms with E-state index in [0.717, 1.165) is 0 Å². The first-order chi connectivity index (χ1) is 13.2. The Hall–Kier alpha value is -3.20. The molecule has 0 saturated heterocycles. The maximum absolute atomic E-state index is 12.2. The number of amides is 1. The van der Waals surface area contributed by atoms with Gasteiger partial charge in [0.05, 0.1) is 21.9 Å². The lowest BCUT2D eigenvalue weighted by molar-refractivity contribution is -0.385. The Morgan fingerprint density at radius 3 is 2.50 bits per heavy atom. The highest BCUT2D eigenvalue weighted by atomic mass is 32.2. The van der Waals surface area contributed by atoms with E-state index >= 15 is 0 Å². The summed E-state index contributed by atoms with van der Waals surface area (Å²) in [6, 6.07) is 11.0. The zero-order valence-corrected chi connectivity index (χ0v) is 16.3. The second-order valence-electron chi connectivity index (χ2n) is 6.04. The summed E-state index contributed by atoms with van der Waals surface area (Å²) in [4.78, 5) is 22.7. The Morgan fingerprint density at radius 1 is 1.14 bits per heavy atom. The molecule has 0 bridgehead atoms. The summed E-state index contributed by atoms with van der Waals surface area (Å²) in [6.07, 6.45) is 3.04. The van der Waals surface area contributed by atoms with E-state index in [1.807, 2.05) is 0 Å².